The average molecular weight is 287 g/mol. The summed E-state index contributed by atoms with van der Waals surface area (Å²) in [5.41, 5.74) is 5.82. The summed E-state index contributed by atoms with van der Waals surface area (Å²) in [7, 11) is 0. The van der Waals surface area contributed by atoms with Gasteiger partial charge in [0.15, 0.2) is 0 Å². The topological polar surface area (TPSA) is 77.2 Å². The normalized spacial score (nSPS) is 17.7. The van der Waals surface area contributed by atoms with E-state index in [1.54, 1.807) is 11.5 Å². The number of benzene rings is 1. The third-order valence-electron chi connectivity index (χ3n) is 4.23. The van der Waals surface area contributed by atoms with E-state index >= 15 is 0 Å². The van der Waals surface area contributed by atoms with Crippen LogP contribution in [0.15, 0.2) is 18.2 Å². The summed E-state index contributed by atoms with van der Waals surface area (Å²) in [6.07, 6.45) is 4.30. The molecule has 4 N–H and O–H groups in total. The highest BCUT2D eigenvalue weighted by molar-refractivity contribution is 5.98. The zero-order valence-corrected chi connectivity index (χ0v) is 12.2. The van der Waals surface area contributed by atoms with E-state index in [4.69, 9.17) is 5.21 Å². The molecule has 2 aromatic rings. The van der Waals surface area contributed by atoms with Gasteiger partial charge >= 0.3 is 0 Å². The van der Waals surface area contributed by atoms with Gasteiger partial charge in [0.1, 0.15) is 0 Å². The lowest BCUT2D eigenvalue weighted by Crippen LogP contribution is -2.34. The van der Waals surface area contributed by atoms with Gasteiger partial charge in [0.25, 0.3) is 5.91 Å². The molecule has 1 aliphatic rings. The lowest BCUT2D eigenvalue weighted by Gasteiger charge is -2.23. The van der Waals surface area contributed by atoms with Crippen molar-refractivity contribution in [2.45, 2.75) is 38.6 Å². The molecule has 1 heterocycles. The number of fused-ring (bicyclic) bond motifs is 3. The van der Waals surface area contributed by atoms with E-state index in [1.165, 1.54) is 11.3 Å². The summed E-state index contributed by atoms with van der Waals surface area (Å²) in [6.45, 7) is 3.22. The summed E-state index contributed by atoms with van der Waals surface area (Å²) in [5, 5.41) is 13.4. The van der Waals surface area contributed by atoms with Gasteiger partial charge in [0.2, 0.25) is 0 Å². The SMILES string of the molecule is CCCNC1CCc2[nH]c3ccc(C(=O)NO)cc3c2C1. The molecule has 0 bridgehead atoms. The molecule has 1 amide bonds. The average Bonchev–Trinajstić information content (AvgIpc) is 2.89. The summed E-state index contributed by atoms with van der Waals surface area (Å²) < 4.78 is 0. The van der Waals surface area contributed by atoms with Gasteiger partial charge in [-0.2, -0.15) is 0 Å². The molecule has 112 valence electrons. The first-order chi connectivity index (χ1) is 10.2. The Kier molecular flexibility index (Phi) is 3.94. The minimum atomic E-state index is -0.469. The molecule has 0 radical (unpaired) electrons. The second-order valence-electron chi connectivity index (χ2n) is 5.68. The molecule has 3 rings (SSSR count). The zero-order valence-electron chi connectivity index (χ0n) is 12.2. The van der Waals surface area contributed by atoms with Crippen molar-refractivity contribution < 1.29 is 10.0 Å². The fourth-order valence-corrected chi connectivity index (χ4v) is 3.15. The monoisotopic (exact) mass is 287 g/mol. The van der Waals surface area contributed by atoms with Crippen molar-refractivity contribution in [1.29, 1.82) is 0 Å². The smallest absolute Gasteiger partial charge is 0.274 e. The number of H-pyrrole nitrogens is 1. The van der Waals surface area contributed by atoms with Gasteiger partial charge in [-0.15, -0.1) is 0 Å². The summed E-state index contributed by atoms with van der Waals surface area (Å²) in [6, 6.07) is 6.00. The molecule has 5 nitrogen and oxygen atoms in total. The van der Waals surface area contributed by atoms with Gasteiger partial charge in [-0.1, -0.05) is 6.92 Å². The second-order valence-corrected chi connectivity index (χ2v) is 5.68. The lowest BCUT2D eigenvalue weighted by atomic mass is 9.91. The van der Waals surface area contributed by atoms with Crippen LogP contribution in [0.1, 0.15) is 41.4 Å². The highest BCUT2D eigenvalue weighted by Gasteiger charge is 2.22. The van der Waals surface area contributed by atoms with Crippen LogP contribution in [-0.2, 0) is 12.8 Å². The van der Waals surface area contributed by atoms with Crippen LogP contribution in [0.5, 0.6) is 0 Å². The highest BCUT2D eigenvalue weighted by Crippen LogP contribution is 2.30. The first-order valence-corrected chi connectivity index (χ1v) is 7.54. The maximum Gasteiger partial charge on any atom is 0.274 e. The third kappa shape index (κ3) is 2.66. The van der Waals surface area contributed by atoms with Crippen LogP contribution >= 0.6 is 0 Å². The molecule has 1 aromatic carbocycles. The third-order valence-corrected chi connectivity index (χ3v) is 4.23. The van der Waals surface area contributed by atoms with Gasteiger partial charge in [-0.25, -0.2) is 5.48 Å². The molecule has 0 spiro atoms. The predicted molar refractivity (Wildman–Crippen MR) is 81.7 cm³/mol. The van der Waals surface area contributed by atoms with Crippen molar-refractivity contribution in [3.63, 3.8) is 0 Å². The number of rotatable bonds is 4. The Hall–Kier alpha value is -1.85. The number of carbonyl (C=O) groups excluding carboxylic acids is 1. The van der Waals surface area contributed by atoms with Crippen molar-refractivity contribution in [1.82, 2.24) is 15.8 Å². The Morgan fingerprint density at radius 1 is 1.48 bits per heavy atom. The van der Waals surface area contributed by atoms with E-state index in [-0.39, 0.29) is 0 Å². The van der Waals surface area contributed by atoms with Crippen molar-refractivity contribution in [3.8, 4) is 0 Å². The van der Waals surface area contributed by atoms with Crippen molar-refractivity contribution in [2.75, 3.05) is 6.54 Å². The number of carbonyl (C=O) groups is 1. The summed E-state index contributed by atoms with van der Waals surface area (Å²) >= 11 is 0. The Morgan fingerprint density at radius 3 is 3.10 bits per heavy atom. The van der Waals surface area contributed by atoms with Gasteiger partial charge < -0.3 is 10.3 Å². The molecule has 1 unspecified atom stereocenters. The molecule has 5 heteroatoms. The number of hydroxylamine groups is 1. The van der Waals surface area contributed by atoms with Crippen LogP contribution < -0.4 is 10.8 Å². The zero-order chi connectivity index (χ0) is 14.8. The van der Waals surface area contributed by atoms with Gasteiger partial charge in [-0.05, 0) is 56.0 Å². The Morgan fingerprint density at radius 2 is 2.33 bits per heavy atom. The minimum absolute atomic E-state index is 0.469. The van der Waals surface area contributed by atoms with Crippen molar-refractivity contribution in [3.05, 3.63) is 35.0 Å². The van der Waals surface area contributed by atoms with Crippen LogP contribution in [0.25, 0.3) is 10.9 Å². The minimum Gasteiger partial charge on any atom is -0.358 e. The van der Waals surface area contributed by atoms with Crippen LogP contribution in [-0.4, -0.2) is 28.7 Å². The molecule has 0 saturated carbocycles. The van der Waals surface area contributed by atoms with Crippen molar-refractivity contribution >= 4 is 16.8 Å². The largest absolute Gasteiger partial charge is 0.358 e. The van der Waals surface area contributed by atoms with E-state index in [1.807, 2.05) is 12.1 Å². The van der Waals surface area contributed by atoms with Crippen LogP contribution in [0, 0.1) is 0 Å². The second kappa shape index (κ2) is 5.87. The molecule has 0 saturated heterocycles. The molecule has 21 heavy (non-hydrogen) atoms. The molecule has 1 atom stereocenters. The lowest BCUT2D eigenvalue weighted by molar-refractivity contribution is 0.0706. The van der Waals surface area contributed by atoms with Gasteiger partial charge in [-0.3, -0.25) is 10.0 Å². The van der Waals surface area contributed by atoms with Crippen LogP contribution in [0.4, 0.5) is 0 Å². The number of aryl methyl sites for hydroxylation is 1. The first-order valence-electron chi connectivity index (χ1n) is 7.54. The van der Waals surface area contributed by atoms with Crippen molar-refractivity contribution in [2.24, 2.45) is 0 Å². The van der Waals surface area contributed by atoms with Gasteiger partial charge in [0.05, 0.1) is 0 Å². The number of nitrogens with one attached hydrogen (secondary N) is 3. The molecular weight excluding hydrogens is 266 g/mol. The Labute approximate surface area is 123 Å². The fraction of sp³-hybridized carbons (Fsp3) is 0.438. The first kappa shape index (κ1) is 14.1. The molecular formula is C16H21N3O2. The molecule has 0 fully saturated rings. The molecule has 1 aliphatic carbocycles. The number of hydrogen-bond acceptors (Lipinski definition) is 3. The Balaban J connectivity index is 1.94. The molecule has 0 aliphatic heterocycles. The number of aromatic amines is 1. The predicted octanol–water partition coefficient (Wildman–Crippen LogP) is 2.14. The summed E-state index contributed by atoms with van der Waals surface area (Å²) in [4.78, 5) is 15.0. The maximum absolute atomic E-state index is 11.6. The van der Waals surface area contributed by atoms with Crippen LogP contribution in [0.3, 0.4) is 0 Å². The summed E-state index contributed by atoms with van der Waals surface area (Å²) in [5.74, 6) is -0.469. The molecule has 1 aromatic heterocycles. The van der Waals surface area contributed by atoms with E-state index in [0.717, 1.165) is 43.1 Å². The highest BCUT2D eigenvalue weighted by atomic mass is 16.5. The van der Waals surface area contributed by atoms with Gasteiger partial charge in [0, 0.05) is 28.2 Å². The standard InChI is InChI=1S/C16H21N3O2/c1-2-7-17-11-4-6-15-13(9-11)12-8-10(16(20)19-21)3-5-14(12)18-15/h3,5,8,11,17-18,21H,2,4,6-7,9H2,1H3,(H,19,20). The Bertz CT molecular complexity index is 663. The maximum atomic E-state index is 11.6. The number of amides is 1. The number of aromatic nitrogens is 1. The fourth-order valence-electron chi connectivity index (χ4n) is 3.15. The van der Waals surface area contributed by atoms with Crippen LogP contribution in [0.2, 0.25) is 0 Å². The van der Waals surface area contributed by atoms with E-state index < -0.39 is 5.91 Å². The number of hydrogen-bond donors (Lipinski definition) is 4. The van der Waals surface area contributed by atoms with E-state index in [9.17, 15) is 4.79 Å². The van der Waals surface area contributed by atoms with E-state index in [0.29, 0.717) is 11.6 Å². The van der Waals surface area contributed by atoms with E-state index in [2.05, 4.69) is 17.2 Å². The quantitative estimate of drug-likeness (QED) is 0.514.